The molecule has 1 heteroatoms. The van der Waals surface area contributed by atoms with E-state index in [1.165, 1.54) is 19.3 Å². The molecule has 8 heavy (non-hydrogen) atoms. The lowest BCUT2D eigenvalue weighted by Crippen LogP contribution is -2.51. The molecule has 2 atom stereocenters. The molecule has 0 amide bonds. The van der Waals surface area contributed by atoms with E-state index in [0.29, 0.717) is 0 Å². The van der Waals surface area contributed by atoms with Crippen LogP contribution in [0, 0.1) is 0 Å². The molecule has 1 saturated heterocycles. The third-order valence-corrected chi connectivity index (χ3v) is 2.03. The summed E-state index contributed by atoms with van der Waals surface area (Å²) in [5.74, 6) is 0. The Morgan fingerprint density at radius 1 is 1.25 bits per heavy atom. The fourth-order valence-electron chi connectivity index (χ4n) is 1.22. The summed E-state index contributed by atoms with van der Waals surface area (Å²) in [6, 6.07) is 1.69. The van der Waals surface area contributed by atoms with Gasteiger partial charge < -0.3 is 5.32 Å². The van der Waals surface area contributed by atoms with Crippen molar-refractivity contribution in [3.8, 4) is 0 Å². The third kappa shape index (κ3) is 1.03. The molecule has 0 unspecified atom stereocenters. The predicted molar refractivity (Wildman–Crippen MR) is 35.9 cm³/mol. The number of hydrogen-bond donors (Lipinski definition) is 1. The van der Waals surface area contributed by atoms with Crippen LogP contribution in [-0.4, -0.2) is 12.1 Å². The maximum absolute atomic E-state index is 3.48. The van der Waals surface area contributed by atoms with Crippen LogP contribution in [0.3, 0.4) is 0 Å². The Kier molecular flexibility index (Phi) is 1.90. The Morgan fingerprint density at radius 3 is 1.88 bits per heavy atom. The highest BCUT2D eigenvalue weighted by molar-refractivity contribution is 4.85. The second-order valence-electron chi connectivity index (χ2n) is 2.61. The second-order valence-corrected chi connectivity index (χ2v) is 2.61. The monoisotopic (exact) mass is 113 g/mol. The van der Waals surface area contributed by atoms with E-state index >= 15 is 0 Å². The SMILES string of the molecule is CC[C@@H]1C[C@@H](CC)N1. The van der Waals surface area contributed by atoms with Gasteiger partial charge in [-0.25, -0.2) is 0 Å². The average molecular weight is 113 g/mol. The van der Waals surface area contributed by atoms with Crippen molar-refractivity contribution >= 4 is 0 Å². The number of rotatable bonds is 2. The van der Waals surface area contributed by atoms with Crippen LogP contribution >= 0.6 is 0 Å². The van der Waals surface area contributed by atoms with Crippen LogP contribution in [-0.2, 0) is 0 Å². The van der Waals surface area contributed by atoms with Gasteiger partial charge in [0.2, 0.25) is 0 Å². The lowest BCUT2D eigenvalue weighted by Gasteiger charge is -2.36. The first-order chi connectivity index (χ1) is 3.86. The lowest BCUT2D eigenvalue weighted by molar-refractivity contribution is 0.252. The van der Waals surface area contributed by atoms with Crippen molar-refractivity contribution in [2.24, 2.45) is 0 Å². The molecule has 0 aromatic carbocycles. The fraction of sp³-hybridized carbons (Fsp3) is 1.00. The van der Waals surface area contributed by atoms with Crippen LogP contribution < -0.4 is 5.32 Å². The van der Waals surface area contributed by atoms with E-state index in [1.807, 2.05) is 0 Å². The Bertz CT molecular complexity index is 56.8. The summed E-state index contributed by atoms with van der Waals surface area (Å²) < 4.78 is 0. The fourth-order valence-corrected chi connectivity index (χ4v) is 1.22. The Hall–Kier alpha value is -0.0400. The first kappa shape index (κ1) is 6.09. The topological polar surface area (TPSA) is 12.0 Å². The zero-order valence-electron chi connectivity index (χ0n) is 5.78. The molecule has 1 heterocycles. The van der Waals surface area contributed by atoms with Crippen LogP contribution in [0.4, 0.5) is 0 Å². The van der Waals surface area contributed by atoms with Crippen molar-refractivity contribution in [1.29, 1.82) is 0 Å². The lowest BCUT2D eigenvalue weighted by atomic mass is 9.93. The molecule has 0 bridgehead atoms. The average Bonchev–Trinajstić information content (AvgIpc) is 1.65. The minimum Gasteiger partial charge on any atom is -0.311 e. The summed E-state index contributed by atoms with van der Waals surface area (Å²) in [6.07, 6.45) is 4.01. The molecule has 1 nitrogen and oxygen atoms in total. The molecule has 1 aliphatic rings. The number of hydrogen-bond acceptors (Lipinski definition) is 1. The van der Waals surface area contributed by atoms with E-state index in [2.05, 4.69) is 19.2 Å². The molecule has 0 radical (unpaired) electrons. The Labute approximate surface area is 51.5 Å². The molecule has 0 saturated carbocycles. The van der Waals surface area contributed by atoms with Crippen molar-refractivity contribution in [2.45, 2.75) is 45.2 Å². The summed E-state index contributed by atoms with van der Waals surface area (Å²) in [4.78, 5) is 0. The normalized spacial score (nSPS) is 36.8. The van der Waals surface area contributed by atoms with Gasteiger partial charge in [-0.3, -0.25) is 0 Å². The van der Waals surface area contributed by atoms with Gasteiger partial charge in [0.25, 0.3) is 0 Å². The molecule has 0 aliphatic carbocycles. The molecule has 1 N–H and O–H groups in total. The van der Waals surface area contributed by atoms with Crippen LogP contribution in [0.15, 0.2) is 0 Å². The van der Waals surface area contributed by atoms with Crippen molar-refractivity contribution < 1.29 is 0 Å². The first-order valence-electron chi connectivity index (χ1n) is 3.62. The van der Waals surface area contributed by atoms with Crippen molar-refractivity contribution in [1.82, 2.24) is 5.32 Å². The summed E-state index contributed by atoms with van der Waals surface area (Å²) in [7, 11) is 0. The highest BCUT2D eigenvalue weighted by atomic mass is 15.0. The van der Waals surface area contributed by atoms with Gasteiger partial charge in [-0.2, -0.15) is 0 Å². The first-order valence-corrected chi connectivity index (χ1v) is 3.62. The molecular formula is C7H15N. The van der Waals surface area contributed by atoms with Gasteiger partial charge in [-0.15, -0.1) is 0 Å². The van der Waals surface area contributed by atoms with E-state index in [0.717, 1.165) is 12.1 Å². The summed E-state index contributed by atoms with van der Waals surface area (Å²) in [5, 5.41) is 3.48. The van der Waals surface area contributed by atoms with E-state index in [4.69, 9.17) is 0 Å². The predicted octanol–water partition coefficient (Wildman–Crippen LogP) is 1.54. The minimum atomic E-state index is 0.847. The van der Waals surface area contributed by atoms with Gasteiger partial charge in [-0.05, 0) is 19.3 Å². The van der Waals surface area contributed by atoms with Crippen molar-refractivity contribution in [3.05, 3.63) is 0 Å². The summed E-state index contributed by atoms with van der Waals surface area (Å²) in [6.45, 7) is 4.48. The Balaban J connectivity index is 2.03. The molecule has 0 spiro atoms. The van der Waals surface area contributed by atoms with Gasteiger partial charge in [-0.1, -0.05) is 13.8 Å². The quantitative estimate of drug-likeness (QED) is 0.572. The van der Waals surface area contributed by atoms with Gasteiger partial charge >= 0.3 is 0 Å². The number of nitrogens with one attached hydrogen (secondary N) is 1. The van der Waals surface area contributed by atoms with Crippen molar-refractivity contribution in [2.75, 3.05) is 0 Å². The van der Waals surface area contributed by atoms with Crippen LogP contribution in [0.25, 0.3) is 0 Å². The zero-order chi connectivity index (χ0) is 5.98. The Morgan fingerprint density at radius 2 is 1.62 bits per heavy atom. The zero-order valence-corrected chi connectivity index (χ0v) is 5.78. The third-order valence-electron chi connectivity index (χ3n) is 2.03. The molecule has 1 aliphatic heterocycles. The van der Waals surface area contributed by atoms with Gasteiger partial charge in [0.1, 0.15) is 0 Å². The van der Waals surface area contributed by atoms with Gasteiger partial charge in [0, 0.05) is 12.1 Å². The van der Waals surface area contributed by atoms with Crippen LogP contribution in [0.2, 0.25) is 0 Å². The standard InChI is InChI=1S/C7H15N/c1-3-6-5-7(4-2)8-6/h6-8H,3-5H2,1-2H3/t6-,7-/m1/s1. The van der Waals surface area contributed by atoms with Gasteiger partial charge in [0.05, 0.1) is 0 Å². The maximum atomic E-state index is 3.48. The molecule has 0 aromatic rings. The largest absolute Gasteiger partial charge is 0.311 e. The molecule has 0 aromatic heterocycles. The maximum Gasteiger partial charge on any atom is 0.00818 e. The van der Waals surface area contributed by atoms with Gasteiger partial charge in [0.15, 0.2) is 0 Å². The minimum absolute atomic E-state index is 0.847. The van der Waals surface area contributed by atoms with Crippen LogP contribution in [0.1, 0.15) is 33.1 Å². The van der Waals surface area contributed by atoms with E-state index < -0.39 is 0 Å². The molecule has 48 valence electrons. The van der Waals surface area contributed by atoms with Crippen LogP contribution in [0.5, 0.6) is 0 Å². The smallest absolute Gasteiger partial charge is 0.00818 e. The molecular weight excluding hydrogens is 98.1 g/mol. The second kappa shape index (κ2) is 2.49. The highest BCUT2D eigenvalue weighted by Crippen LogP contribution is 2.16. The van der Waals surface area contributed by atoms with E-state index in [9.17, 15) is 0 Å². The summed E-state index contributed by atoms with van der Waals surface area (Å²) in [5.41, 5.74) is 0. The van der Waals surface area contributed by atoms with E-state index in [1.54, 1.807) is 0 Å². The highest BCUT2D eigenvalue weighted by Gasteiger charge is 2.23. The van der Waals surface area contributed by atoms with E-state index in [-0.39, 0.29) is 0 Å². The van der Waals surface area contributed by atoms with Crippen molar-refractivity contribution in [3.63, 3.8) is 0 Å². The summed E-state index contributed by atoms with van der Waals surface area (Å²) >= 11 is 0. The molecule has 1 fully saturated rings. The molecule has 1 rings (SSSR count).